The van der Waals surface area contributed by atoms with Crippen molar-refractivity contribution in [3.8, 4) is 0 Å². The van der Waals surface area contributed by atoms with Crippen LogP contribution in [0, 0.1) is 0 Å². The molecule has 32 heavy (non-hydrogen) atoms. The Morgan fingerprint density at radius 3 is 0.688 bits per heavy atom. The Balaban J connectivity index is 0.000000301. The average Bonchev–Trinajstić information content (AvgIpc) is 2.82. The van der Waals surface area contributed by atoms with E-state index in [1.165, 1.54) is 0 Å². The molecule has 0 aliphatic carbocycles. The van der Waals surface area contributed by atoms with Crippen molar-refractivity contribution >= 4 is 55.9 Å². The molecule has 0 aromatic heterocycles. The summed E-state index contributed by atoms with van der Waals surface area (Å²) >= 11 is 0. The third kappa shape index (κ3) is 7.44. The van der Waals surface area contributed by atoms with Crippen molar-refractivity contribution in [2.75, 3.05) is 0 Å². The molecule has 8 heteroatoms. The summed E-state index contributed by atoms with van der Waals surface area (Å²) in [6.07, 6.45) is 0. The minimum atomic E-state index is -2.57. The van der Waals surface area contributed by atoms with E-state index in [1.54, 1.807) is 0 Å². The number of benzene rings is 4. The van der Waals surface area contributed by atoms with Crippen molar-refractivity contribution in [1.29, 1.82) is 0 Å². The Hall–Kier alpha value is -1.14. The van der Waals surface area contributed by atoms with Gasteiger partial charge in [-0.05, 0) is 19.5 Å². The third-order valence-corrected chi connectivity index (χ3v) is 18.0. The first-order valence-electron chi connectivity index (χ1n) is 10.1. The molecule has 0 bridgehead atoms. The Morgan fingerprint density at radius 1 is 0.375 bits per heavy atom. The largest absolute Gasteiger partial charge is 1.00 e. The van der Waals surface area contributed by atoms with Gasteiger partial charge in [0.15, 0.2) is 0 Å². The summed E-state index contributed by atoms with van der Waals surface area (Å²) in [5, 5.41) is 4.01. The maximum atomic E-state index is 12.7. The van der Waals surface area contributed by atoms with Gasteiger partial charge in [0.1, 0.15) is 0 Å². The van der Waals surface area contributed by atoms with E-state index in [4.69, 9.17) is 0 Å². The minimum Gasteiger partial charge on any atom is -0.854 e. The molecule has 0 unspecified atom stereocenters. The van der Waals surface area contributed by atoms with Gasteiger partial charge >= 0.3 is 37.7 Å². The molecule has 4 rings (SSSR count). The first-order chi connectivity index (χ1) is 14.4. The van der Waals surface area contributed by atoms with E-state index in [0.29, 0.717) is 19.5 Å². The first kappa shape index (κ1) is 28.9. The topological polar surface area (TPSA) is 46.1 Å². The Bertz CT molecular complexity index is 867. The summed E-state index contributed by atoms with van der Waals surface area (Å²) in [5.41, 5.74) is 0. The van der Waals surface area contributed by atoms with Crippen LogP contribution in [0.2, 0.25) is 0 Å². The molecule has 0 aliphatic rings. The van der Waals surface area contributed by atoms with E-state index in [1.807, 2.05) is 121 Å². The van der Waals surface area contributed by atoms with Crippen molar-refractivity contribution in [2.24, 2.45) is 0 Å². The molecule has 0 amide bonds. The molecule has 0 spiro atoms. The predicted octanol–water partition coefficient (Wildman–Crippen LogP) is -8.05. The van der Waals surface area contributed by atoms with Gasteiger partial charge in [-0.2, -0.15) is 0 Å². The summed E-state index contributed by atoms with van der Waals surface area (Å²) in [5.74, 6) is 0. The van der Waals surface area contributed by atoms with Crippen LogP contribution in [0.1, 0.15) is 0 Å². The number of hydrogen-bond acceptors (Lipinski definition) is 2. The van der Waals surface area contributed by atoms with Gasteiger partial charge in [0.2, 0.25) is 0 Å². The summed E-state index contributed by atoms with van der Waals surface area (Å²) in [6, 6.07) is 39.2. The monoisotopic (exact) mass is 472 g/mol. The van der Waals surface area contributed by atoms with Gasteiger partial charge in [0.25, 0.3) is 0 Å². The average molecular weight is 473 g/mol. The molecule has 0 heterocycles. The van der Waals surface area contributed by atoms with Gasteiger partial charge in [-0.25, -0.2) is 0 Å². The summed E-state index contributed by atoms with van der Waals surface area (Å²) < 4.78 is 0. The van der Waals surface area contributed by atoms with Crippen molar-refractivity contribution in [3.63, 3.8) is 0 Å². The van der Waals surface area contributed by atoms with Crippen LogP contribution in [0.5, 0.6) is 0 Å². The van der Waals surface area contributed by atoms with Crippen molar-refractivity contribution in [3.05, 3.63) is 121 Å². The zero-order valence-electron chi connectivity index (χ0n) is 19.4. The Morgan fingerprint density at radius 2 is 0.531 bits per heavy atom. The summed E-state index contributed by atoms with van der Waals surface area (Å²) in [6.45, 7) is 0. The standard InChI is InChI=1S/2C12H13OSi2.2Li/c2*13-15(14,11-7-3-1-4-8-11)12-9-5-2-6-10-12;;/h2*1-10H,14H3;;/q2*-1;2*+1. The zero-order valence-corrected chi connectivity index (χ0v) is 25.4. The first-order valence-corrected chi connectivity index (χ1v) is 20.9. The summed E-state index contributed by atoms with van der Waals surface area (Å²) in [4.78, 5) is 25.4. The second kappa shape index (κ2) is 13.5. The zero-order chi connectivity index (χ0) is 21.5. The second-order valence-corrected chi connectivity index (χ2v) is 22.4. The molecule has 2 nitrogen and oxygen atoms in total. The fraction of sp³-hybridized carbons (Fsp3) is 0. The van der Waals surface area contributed by atoms with Gasteiger partial charge in [0.05, 0.1) is 0 Å². The smallest absolute Gasteiger partial charge is 0.854 e. The molecule has 4 aromatic carbocycles. The number of hydrogen-bond donors (Lipinski definition) is 0. The van der Waals surface area contributed by atoms with Gasteiger partial charge in [0, 0.05) is 15.7 Å². The molecule has 0 fully saturated rings. The summed E-state index contributed by atoms with van der Waals surface area (Å²) in [7, 11) is -3.72. The van der Waals surface area contributed by atoms with Gasteiger partial charge < -0.3 is 9.59 Å². The van der Waals surface area contributed by atoms with E-state index in [0.717, 1.165) is 20.7 Å². The van der Waals surface area contributed by atoms with E-state index >= 15 is 0 Å². The molecule has 152 valence electrons. The van der Waals surface area contributed by atoms with E-state index in [9.17, 15) is 9.59 Å². The molecule has 0 saturated carbocycles. The maximum absolute atomic E-state index is 12.7. The maximum Gasteiger partial charge on any atom is 1.00 e. The molecule has 0 atom stereocenters. The van der Waals surface area contributed by atoms with Crippen molar-refractivity contribution in [2.45, 2.75) is 0 Å². The van der Waals surface area contributed by atoms with Crippen LogP contribution < -0.4 is 68.1 Å². The van der Waals surface area contributed by atoms with Crippen LogP contribution in [0.4, 0.5) is 0 Å². The second-order valence-electron chi connectivity index (χ2n) is 7.53. The number of rotatable bonds is 4. The third-order valence-electron chi connectivity index (χ3n) is 5.30. The van der Waals surface area contributed by atoms with Crippen LogP contribution in [-0.4, -0.2) is 35.2 Å². The van der Waals surface area contributed by atoms with Crippen LogP contribution in [-0.2, 0) is 0 Å². The van der Waals surface area contributed by atoms with Crippen LogP contribution in [0.15, 0.2) is 121 Å². The predicted molar refractivity (Wildman–Crippen MR) is 136 cm³/mol. The molecule has 0 radical (unpaired) electrons. The fourth-order valence-electron chi connectivity index (χ4n) is 3.36. The normalized spacial score (nSPS) is 10.8. The van der Waals surface area contributed by atoms with Crippen LogP contribution >= 0.6 is 0 Å². The molecule has 0 saturated heterocycles. The SMILES string of the molecule is [Li+].[Li+].[O-][Si]([SiH3])(c1ccccc1)c1ccccc1.[O-][Si]([SiH3])(c1ccccc1)c1ccccc1. The van der Waals surface area contributed by atoms with Gasteiger partial charge in [-0.15, -0.1) is 0 Å². The quantitative estimate of drug-likeness (QED) is 0.277. The Kier molecular flexibility index (Phi) is 12.2. The van der Waals surface area contributed by atoms with Crippen LogP contribution in [0.25, 0.3) is 0 Å². The molecule has 0 N–H and O–H groups in total. The van der Waals surface area contributed by atoms with Gasteiger partial charge in [-0.3, -0.25) is 0 Å². The fourth-order valence-corrected chi connectivity index (χ4v) is 11.3. The molecule has 0 aliphatic heterocycles. The molecular formula is C24H26Li2O2Si4. The molecular weight excluding hydrogens is 446 g/mol. The van der Waals surface area contributed by atoms with Gasteiger partial charge in [-0.1, -0.05) is 142 Å². The van der Waals surface area contributed by atoms with Crippen molar-refractivity contribution in [1.82, 2.24) is 0 Å². The van der Waals surface area contributed by atoms with E-state index < -0.39 is 15.7 Å². The Labute approximate surface area is 223 Å². The van der Waals surface area contributed by atoms with Crippen molar-refractivity contribution < 1.29 is 47.3 Å². The molecule has 4 aromatic rings. The van der Waals surface area contributed by atoms with E-state index in [2.05, 4.69) is 0 Å². The minimum absolute atomic E-state index is 0. The van der Waals surface area contributed by atoms with Crippen LogP contribution in [0.3, 0.4) is 0 Å². The van der Waals surface area contributed by atoms with E-state index in [-0.39, 0.29) is 37.7 Å².